The smallest absolute Gasteiger partial charge is 0.367 e. The minimum atomic E-state index is -4.47. The molecule has 210 valence electrons. The van der Waals surface area contributed by atoms with Gasteiger partial charge in [0.2, 0.25) is 10.0 Å². The van der Waals surface area contributed by atoms with Crippen LogP contribution in [0, 0.1) is 0 Å². The van der Waals surface area contributed by atoms with E-state index in [9.17, 15) is 30.0 Å². The Labute approximate surface area is 226 Å². The quantitative estimate of drug-likeness (QED) is 0.376. The van der Waals surface area contributed by atoms with Crippen LogP contribution in [0.25, 0.3) is 0 Å². The van der Waals surface area contributed by atoms with Crippen LogP contribution in [-0.4, -0.2) is 71.6 Å². The molecule has 3 aromatic rings. The summed E-state index contributed by atoms with van der Waals surface area (Å²) in [6, 6.07) is 19.6. The summed E-state index contributed by atoms with van der Waals surface area (Å²) < 4.78 is 98.0. The highest BCUT2D eigenvalue weighted by Crippen LogP contribution is 2.33. The SMILES string of the molecule is CS(=O)(=O)c1ccccc1S(=O)(=O)N1CCN(CCOC(c2ccccc2)c2cccc(C(F)(F)F)c2)CC1. The molecular formula is C27H29F3N2O5S2. The summed E-state index contributed by atoms with van der Waals surface area (Å²) in [6.07, 6.45) is -4.21. The monoisotopic (exact) mass is 582 g/mol. The molecule has 0 saturated carbocycles. The number of benzene rings is 3. The van der Waals surface area contributed by atoms with Gasteiger partial charge in [0.15, 0.2) is 9.84 Å². The second-order valence-electron chi connectivity index (χ2n) is 9.25. The van der Waals surface area contributed by atoms with Gasteiger partial charge in [-0.3, -0.25) is 4.90 Å². The Hall–Kier alpha value is -2.77. The molecule has 7 nitrogen and oxygen atoms in total. The van der Waals surface area contributed by atoms with E-state index in [0.29, 0.717) is 25.2 Å². The summed E-state index contributed by atoms with van der Waals surface area (Å²) in [5, 5.41) is 0. The van der Waals surface area contributed by atoms with Gasteiger partial charge in [-0.1, -0.05) is 54.6 Å². The second kappa shape index (κ2) is 11.8. The fourth-order valence-electron chi connectivity index (χ4n) is 4.49. The van der Waals surface area contributed by atoms with E-state index in [2.05, 4.69) is 0 Å². The molecule has 0 aromatic heterocycles. The molecule has 0 aliphatic carbocycles. The lowest BCUT2D eigenvalue weighted by molar-refractivity contribution is -0.137. The van der Waals surface area contributed by atoms with Gasteiger partial charge >= 0.3 is 6.18 Å². The van der Waals surface area contributed by atoms with Gasteiger partial charge in [-0.25, -0.2) is 16.8 Å². The van der Waals surface area contributed by atoms with Gasteiger partial charge in [0.25, 0.3) is 0 Å². The number of hydrogen-bond donors (Lipinski definition) is 0. The van der Waals surface area contributed by atoms with E-state index in [4.69, 9.17) is 4.74 Å². The predicted octanol–water partition coefficient (Wildman–Crippen LogP) is 4.22. The third-order valence-electron chi connectivity index (χ3n) is 6.51. The summed E-state index contributed by atoms with van der Waals surface area (Å²) in [4.78, 5) is 1.53. The van der Waals surface area contributed by atoms with Crippen LogP contribution in [0.15, 0.2) is 88.7 Å². The zero-order chi connectivity index (χ0) is 28.3. The average Bonchev–Trinajstić information content (AvgIpc) is 2.91. The van der Waals surface area contributed by atoms with Crippen molar-refractivity contribution in [2.24, 2.45) is 0 Å². The molecule has 4 rings (SSSR count). The van der Waals surface area contributed by atoms with E-state index in [1.54, 1.807) is 30.3 Å². The first-order valence-electron chi connectivity index (χ1n) is 12.2. The molecular weight excluding hydrogens is 553 g/mol. The minimum Gasteiger partial charge on any atom is -0.367 e. The topological polar surface area (TPSA) is 84.0 Å². The fourth-order valence-corrected chi connectivity index (χ4v) is 7.52. The first kappa shape index (κ1) is 29.2. The van der Waals surface area contributed by atoms with E-state index in [1.165, 1.54) is 34.6 Å². The van der Waals surface area contributed by atoms with Crippen LogP contribution in [0.1, 0.15) is 22.8 Å². The van der Waals surface area contributed by atoms with Crippen LogP contribution < -0.4 is 0 Å². The van der Waals surface area contributed by atoms with Crippen molar-refractivity contribution in [3.63, 3.8) is 0 Å². The number of sulfone groups is 1. The number of alkyl halides is 3. The number of rotatable bonds is 9. The number of halogens is 3. The van der Waals surface area contributed by atoms with Crippen LogP contribution >= 0.6 is 0 Å². The third kappa shape index (κ3) is 7.06. The normalized spacial score (nSPS) is 16.7. The lowest BCUT2D eigenvalue weighted by Crippen LogP contribution is -2.49. The minimum absolute atomic E-state index is 0.163. The van der Waals surface area contributed by atoms with Crippen LogP contribution in [0.5, 0.6) is 0 Å². The van der Waals surface area contributed by atoms with Gasteiger partial charge in [0.05, 0.1) is 17.1 Å². The second-order valence-corrected chi connectivity index (χ2v) is 13.1. The van der Waals surface area contributed by atoms with Crippen molar-refractivity contribution in [3.8, 4) is 0 Å². The van der Waals surface area contributed by atoms with Gasteiger partial charge in [0.1, 0.15) is 11.0 Å². The highest BCUT2D eigenvalue weighted by molar-refractivity contribution is 7.93. The fraction of sp³-hybridized carbons (Fsp3) is 0.333. The number of sulfonamides is 1. The molecule has 0 amide bonds. The van der Waals surface area contributed by atoms with Crippen molar-refractivity contribution < 1.29 is 34.7 Å². The number of nitrogens with zero attached hydrogens (tertiary/aromatic N) is 2. The Bertz CT molecular complexity index is 1490. The van der Waals surface area contributed by atoms with Gasteiger partial charge in [-0.2, -0.15) is 17.5 Å². The maximum Gasteiger partial charge on any atom is 0.416 e. The van der Waals surface area contributed by atoms with E-state index in [1.807, 2.05) is 11.0 Å². The Kier molecular flexibility index (Phi) is 8.82. The van der Waals surface area contributed by atoms with Crippen molar-refractivity contribution in [2.45, 2.75) is 22.1 Å². The number of piperazine rings is 1. The molecule has 0 spiro atoms. The summed E-state index contributed by atoms with van der Waals surface area (Å²) in [5.41, 5.74) is 0.355. The van der Waals surface area contributed by atoms with E-state index >= 15 is 0 Å². The molecule has 3 aromatic carbocycles. The van der Waals surface area contributed by atoms with Crippen LogP contribution in [0.4, 0.5) is 13.2 Å². The number of hydrogen-bond acceptors (Lipinski definition) is 6. The highest BCUT2D eigenvalue weighted by atomic mass is 32.2. The molecule has 0 radical (unpaired) electrons. The Balaban J connectivity index is 1.41. The van der Waals surface area contributed by atoms with Crippen LogP contribution in [0.2, 0.25) is 0 Å². The molecule has 1 fully saturated rings. The van der Waals surface area contributed by atoms with E-state index in [0.717, 1.165) is 24.0 Å². The molecule has 12 heteroatoms. The summed E-state index contributed by atoms with van der Waals surface area (Å²) in [5.74, 6) is 0. The standard InChI is InChI=1S/C27H29F3N2O5S2/c1-38(33,34)24-12-5-6-13-25(24)39(35,36)32-16-14-31(15-17-32)18-19-37-26(21-8-3-2-4-9-21)22-10-7-11-23(20-22)27(28,29)30/h2-13,20,26H,14-19H2,1H3. The molecule has 0 bridgehead atoms. The zero-order valence-corrected chi connectivity index (χ0v) is 22.8. The van der Waals surface area contributed by atoms with Crippen molar-refractivity contribution >= 4 is 19.9 Å². The summed E-state index contributed by atoms with van der Waals surface area (Å²) in [7, 11) is -7.76. The van der Waals surface area contributed by atoms with Gasteiger partial charge in [-0.05, 0) is 35.4 Å². The van der Waals surface area contributed by atoms with Crippen LogP contribution in [-0.2, 0) is 30.8 Å². The molecule has 1 saturated heterocycles. The lowest BCUT2D eigenvalue weighted by Gasteiger charge is -2.34. The third-order valence-corrected chi connectivity index (χ3v) is 9.75. The van der Waals surface area contributed by atoms with Gasteiger partial charge < -0.3 is 4.74 Å². The molecule has 0 N–H and O–H groups in total. The Morgan fingerprint density at radius 2 is 1.38 bits per heavy atom. The van der Waals surface area contributed by atoms with Crippen molar-refractivity contribution in [1.29, 1.82) is 0 Å². The molecule has 1 aliphatic rings. The highest BCUT2D eigenvalue weighted by Gasteiger charge is 2.33. The molecule has 1 unspecified atom stereocenters. The Morgan fingerprint density at radius 3 is 2.00 bits per heavy atom. The lowest BCUT2D eigenvalue weighted by atomic mass is 9.99. The number of ether oxygens (including phenoxy) is 1. The van der Waals surface area contributed by atoms with Gasteiger partial charge in [-0.15, -0.1) is 0 Å². The average molecular weight is 583 g/mol. The molecule has 39 heavy (non-hydrogen) atoms. The van der Waals surface area contributed by atoms with Crippen LogP contribution in [0.3, 0.4) is 0 Å². The van der Waals surface area contributed by atoms with E-state index in [-0.39, 0.29) is 29.5 Å². The summed E-state index contributed by atoms with van der Waals surface area (Å²) >= 11 is 0. The molecule has 1 aliphatic heterocycles. The van der Waals surface area contributed by atoms with E-state index < -0.39 is 37.7 Å². The van der Waals surface area contributed by atoms with Crippen molar-refractivity contribution in [3.05, 3.63) is 95.6 Å². The van der Waals surface area contributed by atoms with Crippen molar-refractivity contribution in [2.75, 3.05) is 45.6 Å². The Morgan fingerprint density at radius 1 is 0.795 bits per heavy atom. The maximum absolute atomic E-state index is 13.3. The zero-order valence-electron chi connectivity index (χ0n) is 21.2. The molecule has 1 atom stereocenters. The first-order chi connectivity index (χ1) is 18.4. The van der Waals surface area contributed by atoms with Gasteiger partial charge in [0, 0.05) is 39.0 Å². The summed E-state index contributed by atoms with van der Waals surface area (Å²) in [6.45, 7) is 1.76. The first-order valence-corrected chi connectivity index (χ1v) is 15.6. The largest absolute Gasteiger partial charge is 0.416 e. The maximum atomic E-state index is 13.3. The molecule has 1 heterocycles. The predicted molar refractivity (Wildman–Crippen MR) is 140 cm³/mol. The van der Waals surface area contributed by atoms with Crippen molar-refractivity contribution in [1.82, 2.24) is 9.21 Å².